The Morgan fingerprint density at radius 1 is 1.19 bits per heavy atom. The van der Waals surface area contributed by atoms with Gasteiger partial charge >= 0.3 is 0 Å². The number of rotatable bonds is 3. The zero-order valence-electron chi connectivity index (χ0n) is 17.5. The lowest BCUT2D eigenvalue weighted by Crippen LogP contribution is -2.42. The Kier molecular flexibility index (Phi) is 4.01. The van der Waals surface area contributed by atoms with Crippen LogP contribution in [0, 0.1) is 11.3 Å². The quantitative estimate of drug-likeness (QED) is 0.604. The van der Waals surface area contributed by atoms with Crippen molar-refractivity contribution in [1.29, 1.82) is 5.26 Å². The number of hydrogen-bond donors (Lipinski definition) is 0. The molecule has 160 valence electrons. The van der Waals surface area contributed by atoms with E-state index in [1.54, 1.807) is 28.4 Å². The van der Waals surface area contributed by atoms with Crippen LogP contribution in [0.1, 0.15) is 47.2 Å². The Morgan fingerprint density at radius 3 is 2.75 bits per heavy atom. The predicted octanol–water partition coefficient (Wildman–Crippen LogP) is 4.09. The molecule has 0 N–H and O–H groups in total. The van der Waals surface area contributed by atoms with E-state index >= 15 is 0 Å². The highest BCUT2D eigenvalue weighted by molar-refractivity contribution is 7.09. The molecule has 1 atom stereocenters. The van der Waals surface area contributed by atoms with Crippen molar-refractivity contribution in [2.45, 2.75) is 31.7 Å². The second-order valence-electron chi connectivity index (χ2n) is 8.43. The molecule has 0 saturated heterocycles. The highest BCUT2D eigenvalue weighted by Gasteiger charge is 2.58. The fourth-order valence-corrected chi connectivity index (χ4v) is 5.56. The average Bonchev–Trinajstić information content (AvgIpc) is 3.56. The minimum atomic E-state index is -1.03. The summed E-state index contributed by atoms with van der Waals surface area (Å²) < 4.78 is 17.1. The van der Waals surface area contributed by atoms with Gasteiger partial charge < -0.3 is 19.1 Å². The molecule has 0 saturated carbocycles. The molecular formula is C24H19N3O4S. The molecular weight excluding hydrogens is 426 g/mol. The number of nitrogens with zero attached hydrogens (tertiary/aromatic N) is 3. The van der Waals surface area contributed by atoms with E-state index in [2.05, 4.69) is 19.9 Å². The van der Waals surface area contributed by atoms with E-state index in [4.69, 9.17) is 19.2 Å². The van der Waals surface area contributed by atoms with Crippen LogP contribution >= 0.6 is 11.3 Å². The Bertz CT molecular complexity index is 1330. The maximum absolute atomic E-state index is 14.1. The van der Waals surface area contributed by atoms with Crippen molar-refractivity contribution in [1.82, 2.24) is 4.98 Å². The first-order valence-electron chi connectivity index (χ1n) is 10.4. The molecule has 0 bridgehead atoms. The summed E-state index contributed by atoms with van der Waals surface area (Å²) >= 11 is 1.59. The first-order chi connectivity index (χ1) is 15.5. The first-order valence-corrected chi connectivity index (χ1v) is 11.3. The van der Waals surface area contributed by atoms with Crippen molar-refractivity contribution in [3.05, 3.63) is 63.1 Å². The van der Waals surface area contributed by atoms with Crippen LogP contribution in [0.4, 0.5) is 5.69 Å². The lowest BCUT2D eigenvalue weighted by molar-refractivity contribution is -0.122. The summed E-state index contributed by atoms with van der Waals surface area (Å²) in [5.74, 6) is 2.01. The lowest BCUT2D eigenvalue weighted by atomic mass is 9.76. The SMILES string of the molecule is CC(C)c1nc(CN2C(=O)C3(COc4cc5c(cc43)OCO5)c3cccc(C#N)c32)cs1. The second-order valence-corrected chi connectivity index (χ2v) is 9.32. The molecule has 8 heteroatoms. The van der Waals surface area contributed by atoms with Crippen molar-refractivity contribution in [3.8, 4) is 23.3 Å². The zero-order valence-corrected chi connectivity index (χ0v) is 18.4. The summed E-state index contributed by atoms with van der Waals surface area (Å²) in [7, 11) is 0. The summed E-state index contributed by atoms with van der Waals surface area (Å²) in [4.78, 5) is 20.5. The normalized spacial score (nSPS) is 19.9. The van der Waals surface area contributed by atoms with Crippen LogP contribution in [0.2, 0.25) is 0 Å². The molecule has 0 aliphatic carbocycles. The Hall–Kier alpha value is -3.57. The summed E-state index contributed by atoms with van der Waals surface area (Å²) in [6.07, 6.45) is 0. The highest BCUT2D eigenvalue weighted by Crippen LogP contribution is 2.56. The monoisotopic (exact) mass is 445 g/mol. The van der Waals surface area contributed by atoms with Gasteiger partial charge in [-0.2, -0.15) is 5.26 Å². The number of thiazole rings is 1. The topological polar surface area (TPSA) is 84.7 Å². The number of ether oxygens (including phenoxy) is 3. The third-order valence-corrected chi connectivity index (χ3v) is 7.45. The molecule has 2 aromatic carbocycles. The lowest BCUT2D eigenvalue weighted by Gasteiger charge is -2.22. The van der Waals surface area contributed by atoms with E-state index in [-0.39, 0.29) is 19.3 Å². The molecule has 0 radical (unpaired) electrons. The second kappa shape index (κ2) is 6.71. The van der Waals surface area contributed by atoms with E-state index in [0.29, 0.717) is 41.0 Å². The minimum Gasteiger partial charge on any atom is -0.491 e. The predicted molar refractivity (Wildman–Crippen MR) is 117 cm³/mol. The number of nitriles is 1. The smallest absolute Gasteiger partial charge is 0.246 e. The molecule has 1 spiro atoms. The number of anilines is 1. The number of hydrogen-bond acceptors (Lipinski definition) is 7. The van der Waals surface area contributed by atoms with Crippen LogP contribution in [0.5, 0.6) is 17.2 Å². The van der Waals surface area contributed by atoms with Gasteiger partial charge in [0.25, 0.3) is 0 Å². The molecule has 4 heterocycles. The van der Waals surface area contributed by atoms with Gasteiger partial charge in [0, 0.05) is 28.5 Å². The van der Waals surface area contributed by atoms with Crippen LogP contribution in [0.15, 0.2) is 35.7 Å². The van der Waals surface area contributed by atoms with Crippen LogP contribution < -0.4 is 19.1 Å². The van der Waals surface area contributed by atoms with E-state index in [0.717, 1.165) is 21.8 Å². The fourth-order valence-electron chi connectivity index (χ4n) is 4.73. The van der Waals surface area contributed by atoms with Crippen molar-refractivity contribution in [2.24, 2.45) is 0 Å². The van der Waals surface area contributed by atoms with Crippen molar-refractivity contribution in [2.75, 3.05) is 18.3 Å². The van der Waals surface area contributed by atoms with E-state index in [1.807, 2.05) is 23.6 Å². The third-order valence-electron chi connectivity index (χ3n) is 6.26. The first kappa shape index (κ1) is 19.1. The van der Waals surface area contributed by atoms with Gasteiger partial charge in [0.15, 0.2) is 11.5 Å². The minimum absolute atomic E-state index is 0.119. The Balaban J connectivity index is 1.51. The molecule has 6 rings (SSSR count). The molecule has 32 heavy (non-hydrogen) atoms. The van der Waals surface area contributed by atoms with Gasteiger partial charge in [-0.3, -0.25) is 4.79 Å². The molecule has 7 nitrogen and oxygen atoms in total. The van der Waals surface area contributed by atoms with Gasteiger partial charge in [-0.05, 0) is 12.1 Å². The van der Waals surface area contributed by atoms with E-state index in [1.165, 1.54) is 0 Å². The van der Waals surface area contributed by atoms with E-state index < -0.39 is 5.41 Å². The van der Waals surface area contributed by atoms with Crippen LogP contribution in [0.25, 0.3) is 0 Å². The van der Waals surface area contributed by atoms with Crippen LogP contribution in [0.3, 0.4) is 0 Å². The van der Waals surface area contributed by atoms with Gasteiger partial charge in [0.1, 0.15) is 23.8 Å². The Labute approximate surface area is 188 Å². The maximum atomic E-state index is 14.1. The van der Waals surface area contributed by atoms with Crippen molar-refractivity contribution in [3.63, 3.8) is 0 Å². The Morgan fingerprint density at radius 2 is 2.00 bits per heavy atom. The van der Waals surface area contributed by atoms with Crippen LogP contribution in [-0.2, 0) is 16.8 Å². The third kappa shape index (κ3) is 2.46. The molecule has 3 aliphatic rings. The number of fused-ring (bicyclic) bond motifs is 5. The number of carbonyl (C=O) groups is 1. The average molecular weight is 446 g/mol. The molecule has 1 amide bonds. The van der Waals surface area contributed by atoms with Gasteiger partial charge in [-0.25, -0.2) is 4.98 Å². The fraction of sp³-hybridized carbons (Fsp3) is 0.292. The summed E-state index contributed by atoms with van der Waals surface area (Å²) in [6.45, 7) is 4.80. The summed E-state index contributed by atoms with van der Waals surface area (Å²) in [5.41, 5.74) is 2.39. The highest BCUT2D eigenvalue weighted by atomic mass is 32.1. The van der Waals surface area contributed by atoms with Gasteiger partial charge in [0.2, 0.25) is 12.7 Å². The number of carbonyl (C=O) groups excluding carboxylic acids is 1. The van der Waals surface area contributed by atoms with Gasteiger partial charge in [0.05, 0.1) is 28.5 Å². The van der Waals surface area contributed by atoms with Gasteiger partial charge in [-0.15, -0.1) is 11.3 Å². The van der Waals surface area contributed by atoms with Gasteiger partial charge in [-0.1, -0.05) is 26.0 Å². The largest absolute Gasteiger partial charge is 0.491 e. The van der Waals surface area contributed by atoms with Crippen molar-refractivity contribution >= 4 is 22.9 Å². The summed E-state index contributed by atoms with van der Waals surface area (Å²) in [5, 5.41) is 12.8. The standard InChI is InChI=1S/C24H19N3O4S/c1-13(2)22-26-15(10-32-22)9-27-21-14(8-25)4-3-5-16(21)24(23(27)28)11-29-18-7-20-19(6-17(18)24)30-12-31-20/h3-7,10,13H,9,11-12H2,1-2H3. The van der Waals surface area contributed by atoms with Crippen LogP contribution in [-0.4, -0.2) is 24.3 Å². The number of para-hydroxylation sites is 1. The van der Waals surface area contributed by atoms with Crippen molar-refractivity contribution < 1.29 is 19.0 Å². The maximum Gasteiger partial charge on any atom is 0.246 e. The number of amides is 1. The molecule has 1 aromatic heterocycles. The zero-order chi connectivity index (χ0) is 22.0. The number of benzene rings is 2. The molecule has 1 unspecified atom stereocenters. The summed E-state index contributed by atoms with van der Waals surface area (Å²) in [6, 6.07) is 11.4. The molecule has 3 aliphatic heterocycles. The number of aromatic nitrogens is 1. The molecule has 0 fully saturated rings. The van der Waals surface area contributed by atoms with E-state index in [9.17, 15) is 10.1 Å². The molecule has 3 aromatic rings.